The fourth-order valence-electron chi connectivity index (χ4n) is 1.74. The SMILES string of the molecule is Fc1ccc(NCc2c(F)cccc2F)cc1C(F)(F)F. The number of halogens is 6. The molecule has 0 spiro atoms. The molecule has 0 saturated heterocycles. The van der Waals surface area contributed by atoms with E-state index < -0.39 is 29.2 Å². The first-order valence-corrected chi connectivity index (χ1v) is 5.82. The lowest BCUT2D eigenvalue weighted by atomic mass is 10.1. The Morgan fingerprint density at radius 3 is 2.05 bits per heavy atom. The second kappa shape index (κ2) is 5.67. The minimum atomic E-state index is -4.84. The maximum atomic E-state index is 13.4. The molecule has 0 fully saturated rings. The van der Waals surface area contributed by atoms with Gasteiger partial charge in [-0.15, -0.1) is 0 Å². The van der Waals surface area contributed by atoms with Gasteiger partial charge >= 0.3 is 6.18 Å². The van der Waals surface area contributed by atoms with E-state index in [4.69, 9.17) is 0 Å². The van der Waals surface area contributed by atoms with E-state index in [1.165, 1.54) is 6.07 Å². The van der Waals surface area contributed by atoms with Crippen molar-refractivity contribution in [2.24, 2.45) is 0 Å². The van der Waals surface area contributed by atoms with Gasteiger partial charge in [0.15, 0.2) is 0 Å². The largest absolute Gasteiger partial charge is 0.419 e. The molecule has 0 aliphatic heterocycles. The molecule has 0 unspecified atom stereocenters. The summed E-state index contributed by atoms with van der Waals surface area (Å²) in [7, 11) is 0. The summed E-state index contributed by atoms with van der Waals surface area (Å²) in [6.07, 6.45) is -4.84. The Morgan fingerprint density at radius 1 is 0.857 bits per heavy atom. The Balaban J connectivity index is 2.22. The van der Waals surface area contributed by atoms with E-state index in [1.54, 1.807) is 0 Å². The van der Waals surface area contributed by atoms with Crippen molar-refractivity contribution in [3.63, 3.8) is 0 Å². The van der Waals surface area contributed by atoms with Crippen molar-refractivity contribution in [2.75, 3.05) is 5.32 Å². The van der Waals surface area contributed by atoms with Crippen LogP contribution in [0.15, 0.2) is 36.4 Å². The summed E-state index contributed by atoms with van der Waals surface area (Å²) >= 11 is 0. The van der Waals surface area contributed by atoms with E-state index in [1.807, 2.05) is 0 Å². The van der Waals surface area contributed by atoms with Gasteiger partial charge in [0, 0.05) is 17.8 Å². The Labute approximate surface area is 116 Å². The van der Waals surface area contributed by atoms with Crippen molar-refractivity contribution in [1.29, 1.82) is 0 Å². The van der Waals surface area contributed by atoms with E-state index in [0.29, 0.717) is 12.1 Å². The highest BCUT2D eigenvalue weighted by molar-refractivity contribution is 5.47. The fourth-order valence-corrected chi connectivity index (χ4v) is 1.74. The molecule has 0 bridgehead atoms. The standard InChI is InChI=1S/C14H9F6N/c15-11-2-1-3-12(16)9(11)7-21-8-4-5-13(17)10(6-8)14(18,19)20/h1-6,21H,7H2. The van der Waals surface area contributed by atoms with Crippen LogP contribution in [0.2, 0.25) is 0 Å². The second-order valence-electron chi connectivity index (χ2n) is 4.25. The summed E-state index contributed by atoms with van der Waals surface area (Å²) in [6, 6.07) is 5.49. The number of hydrogen-bond donors (Lipinski definition) is 1. The van der Waals surface area contributed by atoms with E-state index in [-0.39, 0.29) is 17.8 Å². The van der Waals surface area contributed by atoms with Gasteiger partial charge in [-0.3, -0.25) is 0 Å². The predicted octanol–water partition coefficient (Wildman–Crippen LogP) is 4.73. The van der Waals surface area contributed by atoms with Gasteiger partial charge in [0.05, 0.1) is 5.56 Å². The molecular formula is C14H9F6N. The molecule has 112 valence electrons. The van der Waals surface area contributed by atoms with Gasteiger partial charge in [-0.1, -0.05) is 6.07 Å². The molecule has 0 heterocycles. The third-order valence-corrected chi connectivity index (χ3v) is 2.80. The van der Waals surface area contributed by atoms with E-state index in [0.717, 1.165) is 18.2 Å². The van der Waals surface area contributed by atoms with Crippen LogP contribution in [-0.2, 0) is 12.7 Å². The maximum Gasteiger partial charge on any atom is 0.419 e. The van der Waals surface area contributed by atoms with Gasteiger partial charge in [0.2, 0.25) is 0 Å². The summed E-state index contributed by atoms with van der Waals surface area (Å²) < 4.78 is 77.4. The van der Waals surface area contributed by atoms with Crippen LogP contribution in [0.1, 0.15) is 11.1 Å². The average Bonchev–Trinajstić information content (AvgIpc) is 2.38. The average molecular weight is 305 g/mol. The maximum absolute atomic E-state index is 13.4. The molecule has 2 aromatic rings. The molecule has 0 aliphatic rings. The summed E-state index contributed by atoms with van der Waals surface area (Å²) in [4.78, 5) is 0. The summed E-state index contributed by atoms with van der Waals surface area (Å²) in [5.41, 5.74) is -1.84. The van der Waals surface area contributed by atoms with E-state index in [2.05, 4.69) is 5.32 Å². The van der Waals surface area contributed by atoms with Crippen LogP contribution in [0.5, 0.6) is 0 Å². The quantitative estimate of drug-likeness (QED) is 0.808. The lowest BCUT2D eigenvalue weighted by Crippen LogP contribution is -2.10. The zero-order valence-electron chi connectivity index (χ0n) is 10.4. The fraction of sp³-hybridized carbons (Fsp3) is 0.143. The minimum Gasteiger partial charge on any atom is -0.381 e. The Morgan fingerprint density at radius 2 is 1.48 bits per heavy atom. The first-order chi connectivity index (χ1) is 9.79. The van der Waals surface area contributed by atoms with Crippen molar-refractivity contribution in [1.82, 2.24) is 0 Å². The summed E-state index contributed by atoms with van der Waals surface area (Å²) in [6.45, 7) is -0.360. The summed E-state index contributed by atoms with van der Waals surface area (Å²) in [5, 5.41) is 2.44. The molecular weight excluding hydrogens is 296 g/mol. The van der Waals surface area contributed by atoms with Gasteiger partial charge in [-0.05, 0) is 30.3 Å². The number of nitrogens with one attached hydrogen (secondary N) is 1. The highest BCUT2D eigenvalue weighted by Gasteiger charge is 2.34. The van der Waals surface area contributed by atoms with Gasteiger partial charge < -0.3 is 5.32 Å². The highest BCUT2D eigenvalue weighted by atomic mass is 19.4. The lowest BCUT2D eigenvalue weighted by Gasteiger charge is -2.12. The predicted molar refractivity (Wildman–Crippen MR) is 65.1 cm³/mol. The molecule has 0 amide bonds. The molecule has 21 heavy (non-hydrogen) atoms. The summed E-state index contributed by atoms with van der Waals surface area (Å²) in [5.74, 6) is -3.05. The van der Waals surface area contributed by atoms with Gasteiger partial charge in [-0.2, -0.15) is 13.2 Å². The molecule has 2 aromatic carbocycles. The second-order valence-corrected chi connectivity index (χ2v) is 4.25. The number of rotatable bonds is 3. The van der Waals surface area contributed by atoms with Crippen LogP contribution in [0.3, 0.4) is 0 Å². The van der Waals surface area contributed by atoms with Gasteiger partial charge in [0.1, 0.15) is 17.5 Å². The Hall–Kier alpha value is -2.18. The van der Waals surface area contributed by atoms with Crippen molar-refractivity contribution in [2.45, 2.75) is 12.7 Å². The van der Waals surface area contributed by atoms with Crippen molar-refractivity contribution in [3.05, 3.63) is 65.0 Å². The van der Waals surface area contributed by atoms with E-state index >= 15 is 0 Å². The normalized spacial score (nSPS) is 11.5. The first kappa shape index (κ1) is 15.2. The molecule has 0 atom stereocenters. The molecule has 7 heteroatoms. The zero-order chi connectivity index (χ0) is 15.6. The van der Waals surface area contributed by atoms with E-state index in [9.17, 15) is 26.3 Å². The Kier molecular flexibility index (Phi) is 4.11. The molecule has 0 aromatic heterocycles. The number of alkyl halides is 3. The third kappa shape index (κ3) is 3.48. The van der Waals surface area contributed by atoms with Crippen LogP contribution in [0.25, 0.3) is 0 Å². The minimum absolute atomic E-state index is 0.0913. The highest BCUT2D eigenvalue weighted by Crippen LogP contribution is 2.33. The monoisotopic (exact) mass is 305 g/mol. The molecule has 1 nitrogen and oxygen atoms in total. The van der Waals surface area contributed by atoms with Crippen LogP contribution >= 0.6 is 0 Å². The van der Waals surface area contributed by atoms with Crippen LogP contribution in [0.4, 0.5) is 32.0 Å². The number of hydrogen-bond acceptors (Lipinski definition) is 1. The molecule has 2 rings (SSSR count). The van der Waals surface area contributed by atoms with Crippen LogP contribution < -0.4 is 5.32 Å². The smallest absolute Gasteiger partial charge is 0.381 e. The first-order valence-electron chi connectivity index (χ1n) is 5.82. The molecule has 0 saturated carbocycles. The van der Waals surface area contributed by atoms with Crippen molar-refractivity contribution in [3.8, 4) is 0 Å². The molecule has 1 N–H and O–H groups in total. The van der Waals surface area contributed by atoms with Crippen LogP contribution in [-0.4, -0.2) is 0 Å². The van der Waals surface area contributed by atoms with Crippen molar-refractivity contribution < 1.29 is 26.3 Å². The third-order valence-electron chi connectivity index (χ3n) is 2.80. The lowest BCUT2D eigenvalue weighted by molar-refractivity contribution is -0.139. The zero-order valence-corrected chi connectivity index (χ0v) is 10.4. The number of benzene rings is 2. The molecule has 0 aliphatic carbocycles. The number of anilines is 1. The van der Waals surface area contributed by atoms with Crippen LogP contribution in [0, 0.1) is 17.5 Å². The van der Waals surface area contributed by atoms with Gasteiger partial charge in [-0.25, -0.2) is 13.2 Å². The van der Waals surface area contributed by atoms with Gasteiger partial charge in [0.25, 0.3) is 0 Å². The Bertz CT molecular complexity index is 630. The molecule has 0 radical (unpaired) electrons. The topological polar surface area (TPSA) is 12.0 Å². The van der Waals surface area contributed by atoms with Crippen molar-refractivity contribution >= 4 is 5.69 Å².